The maximum atomic E-state index is 11.8. The normalized spacial score (nSPS) is 9.69. The summed E-state index contributed by atoms with van der Waals surface area (Å²) in [5.74, 6) is -0.786. The molecule has 0 aromatic carbocycles. The molecule has 0 atom stereocenters. The molecular formula is C10H11ClN2O3. The molecule has 0 radical (unpaired) electrons. The summed E-state index contributed by atoms with van der Waals surface area (Å²) in [6, 6.07) is 2.97. The number of esters is 1. The average Bonchev–Trinajstić information content (AvgIpc) is 2.27. The van der Waals surface area contributed by atoms with E-state index in [-0.39, 0.29) is 17.6 Å². The number of ether oxygens (including phenoxy) is 1. The molecule has 0 N–H and O–H groups in total. The van der Waals surface area contributed by atoms with Crippen molar-refractivity contribution in [1.29, 1.82) is 0 Å². The first-order valence-corrected chi connectivity index (χ1v) is 4.86. The molecule has 1 heterocycles. The summed E-state index contributed by atoms with van der Waals surface area (Å²) in [5, 5.41) is 0.234. The second kappa shape index (κ2) is 5.46. The van der Waals surface area contributed by atoms with Gasteiger partial charge in [0.05, 0.1) is 7.11 Å². The molecule has 0 aliphatic rings. The highest BCUT2D eigenvalue weighted by atomic mass is 35.5. The molecule has 5 nitrogen and oxygen atoms in total. The largest absolute Gasteiger partial charge is 0.468 e. The van der Waals surface area contributed by atoms with Gasteiger partial charge >= 0.3 is 5.97 Å². The Balaban J connectivity index is 2.74. The van der Waals surface area contributed by atoms with Crippen LogP contribution < -0.4 is 0 Å². The van der Waals surface area contributed by atoms with Crippen LogP contribution >= 0.6 is 11.6 Å². The number of pyridine rings is 1. The van der Waals surface area contributed by atoms with Gasteiger partial charge < -0.3 is 9.64 Å². The maximum absolute atomic E-state index is 11.8. The molecule has 1 aromatic rings. The summed E-state index contributed by atoms with van der Waals surface area (Å²) in [6.45, 7) is -0.102. The lowest BCUT2D eigenvalue weighted by molar-refractivity contribution is -0.141. The van der Waals surface area contributed by atoms with Crippen LogP contribution in [-0.2, 0) is 9.53 Å². The van der Waals surface area contributed by atoms with Crippen molar-refractivity contribution in [2.45, 2.75) is 0 Å². The van der Waals surface area contributed by atoms with Gasteiger partial charge in [-0.3, -0.25) is 9.59 Å². The van der Waals surface area contributed by atoms with Crippen molar-refractivity contribution in [3.8, 4) is 0 Å². The number of carbonyl (C=O) groups excluding carboxylic acids is 2. The van der Waals surface area contributed by atoms with Crippen molar-refractivity contribution < 1.29 is 14.3 Å². The lowest BCUT2D eigenvalue weighted by atomic mass is 10.2. The molecule has 0 bridgehead atoms. The lowest BCUT2D eigenvalue weighted by Gasteiger charge is -2.15. The standard InChI is InChI=1S/C10H11ClN2O3/c1-13(6-9(14)16-2)10(15)7-3-4-12-8(11)5-7/h3-5H,6H2,1-2H3. The second-order valence-corrected chi connectivity index (χ2v) is 3.49. The van der Waals surface area contributed by atoms with Gasteiger partial charge in [-0.1, -0.05) is 11.6 Å². The number of amides is 1. The third kappa shape index (κ3) is 3.20. The molecule has 1 aromatic heterocycles. The van der Waals surface area contributed by atoms with Crippen LogP contribution in [-0.4, -0.2) is 42.5 Å². The molecule has 16 heavy (non-hydrogen) atoms. The first-order chi connectivity index (χ1) is 7.54. The monoisotopic (exact) mass is 242 g/mol. The Morgan fingerprint density at radius 3 is 2.81 bits per heavy atom. The highest BCUT2D eigenvalue weighted by molar-refractivity contribution is 6.29. The summed E-state index contributed by atoms with van der Waals surface area (Å²) >= 11 is 5.65. The van der Waals surface area contributed by atoms with Crippen molar-refractivity contribution in [2.24, 2.45) is 0 Å². The maximum Gasteiger partial charge on any atom is 0.325 e. The number of hydrogen-bond donors (Lipinski definition) is 0. The Morgan fingerprint density at radius 2 is 2.25 bits per heavy atom. The van der Waals surface area contributed by atoms with E-state index in [4.69, 9.17) is 11.6 Å². The van der Waals surface area contributed by atoms with Gasteiger partial charge in [-0.15, -0.1) is 0 Å². The van der Waals surface area contributed by atoms with Gasteiger partial charge in [0.25, 0.3) is 5.91 Å². The minimum atomic E-state index is -0.476. The first kappa shape index (κ1) is 12.4. The van der Waals surface area contributed by atoms with Crippen LogP contribution in [0.5, 0.6) is 0 Å². The van der Waals surface area contributed by atoms with E-state index in [1.165, 1.54) is 37.4 Å². The first-order valence-electron chi connectivity index (χ1n) is 4.48. The fraction of sp³-hybridized carbons (Fsp3) is 0.300. The highest BCUT2D eigenvalue weighted by Crippen LogP contribution is 2.09. The number of rotatable bonds is 3. The summed E-state index contributed by atoms with van der Waals surface area (Å²) in [7, 11) is 2.78. The third-order valence-electron chi connectivity index (χ3n) is 1.91. The van der Waals surface area contributed by atoms with Crippen LogP contribution in [0, 0.1) is 0 Å². The van der Waals surface area contributed by atoms with Crippen LogP contribution in [0.3, 0.4) is 0 Å². The van der Waals surface area contributed by atoms with Gasteiger partial charge in [-0.05, 0) is 12.1 Å². The van der Waals surface area contributed by atoms with Gasteiger partial charge in [0, 0.05) is 18.8 Å². The Morgan fingerprint density at radius 1 is 1.56 bits per heavy atom. The zero-order chi connectivity index (χ0) is 12.1. The molecule has 1 rings (SSSR count). The summed E-state index contributed by atoms with van der Waals surface area (Å²) in [6.07, 6.45) is 1.43. The Kier molecular flexibility index (Phi) is 4.25. The van der Waals surface area contributed by atoms with E-state index in [1.807, 2.05) is 0 Å². The van der Waals surface area contributed by atoms with Crippen molar-refractivity contribution in [3.05, 3.63) is 29.0 Å². The minimum absolute atomic E-state index is 0.102. The van der Waals surface area contributed by atoms with E-state index in [9.17, 15) is 9.59 Å². The molecule has 0 unspecified atom stereocenters. The predicted molar refractivity (Wildman–Crippen MR) is 58.2 cm³/mol. The predicted octanol–water partition coefficient (Wildman–Crippen LogP) is 0.980. The van der Waals surface area contributed by atoms with E-state index in [1.54, 1.807) is 0 Å². The Hall–Kier alpha value is -1.62. The molecule has 0 fully saturated rings. The second-order valence-electron chi connectivity index (χ2n) is 3.10. The van der Waals surface area contributed by atoms with E-state index in [0.29, 0.717) is 5.56 Å². The van der Waals surface area contributed by atoms with Crippen molar-refractivity contribution in [1.82, 2.24) is 9.88 Å². The van der Waals surface area contributed by atoms with Gasteiger partial charge in [-0.2, -0.15) is 0 Å². The fourth-order valence-corrected chi connectivity index (χ4v) is 1.26. The van der Waals surface area contributed by atoms with E-state index in [2.05, 4.69) is 9.72 Å². The molecule has 1 amide bonds. The molecule has 0 aliphatic heterocycles. The fourth-order valence-electron chi connectivity index (χ4n) is 1.09. The Bertz CT molecular complexity index is 409. The number of nitrogens with zero attached hydrogens (tertiary/aromatic N) is 2. The summed E-state index contributed by atoms with van der Waals surface area (Å²) in [4.78, 5) is 27.8. The van der Waals surface area contributed by atoms with Crippen LogP contribution in [0.4, 0.5) is 0 Å². The number of carbonyl (C=O) groups is 2. The molecule has 0 aliphatic carbocycles. The highest BCUT2D eigenvalue weighted by Gasteiger charge is 2.15. The van der Waals surface area contributed by atoms with Crippen LogP contribution in [0.25, 0.3) is 0 Å². The van der Waals surface area contributed by atoms with Crippen molar-refractivity contribution in [2.75, 3.05) is 20.7 Å². The van der Waals surface area contributed by atoms with Crippen LogP contribution in [0.1, 0.15) is 10.4 Å². The molecule has 6 heteroatoms. The summed E-state index contributed by atoms with van der Waals surface area (Å²) < 4.78 is 4.46. The molecular weight excluding hydrogens is 232 g/mol. The molecule has 86 valence electrons. The molecule has 0 saturated carbocycles. The number of likely N-dealkylation sites (N-methyl/N-ethyl adjacent to an activating group) is 1. The Labute approximate surface area is 98.0 Å². The van der Waals surface area contributed by atoms with Crippen molar-refractivity contribution >= 4 is 23.5 Å². The number of hydrogen-bond acceptors (Lipinski definition) is 4. The lowest BCUT2D eigenvalue weighted by Crippen LogP contribution is -2.32. The molecule has 0 saturated heterocycles. The molecule has 0 spiro atoms. The zero-order valence-electron chi connectivity index (χ0n) is 8.94. The van der Waals surface area contributed by atoms with E-state index >= 15 is 0 Å². The van der Waals surface area contributed by atoms with E-state index in [0.717, 1.165) is 0 Å². The zero-order valence-corrected chi connectivity index (χ0v) is 9.69. The number of methoxy groups -OCH3 is 1. The van der Waals surface area contributed by atoms with Crippen LogP contribution in [0.2, 0.25) is 5.15 Å². The number of halogens is 1. The topological polar surface area (TPSA) is 59.5 Å². The minimum Gasteiger partial charge on any atom is -0.468 e. The van der Waals surface area contributed by atoms with Gasteiger partial charge in [-0.25, -0.2) is 4.98 Å². The van der Waals surface area contributed by atoms with Gasteiger partial charge in [0.2, 0.25) is 0 Å². The van der Waals surface area contributed by atoms with E-state index < -0.39 is 5.97 Å². The summed E-state index contributed by atoms with van der Waals surface area (Å²) in [5.41, 5.74) is 0.381. The average molecular weight is 243 g/mol. The number of aromatic nitrogens is 1. The van der Waals surface area contributed by atoms with Crippen molar-refractivity contribution in [3.63, 3.8) is 0 Å². The smallest absolute Gasteiger partial charge is 0.325 e. The quantitative estimate of drug-likeness (QED) is 0.586. The third-order valence-corrected chi connectivity index (χ3v) is 2.12. The van der Waals surface area contributed by atoms with Gasteiger partial charge in [0.1, 0.15) is 11.7 Å². The van der Waals surface area contributed by atoms with Gasteiger partial charge in [0.15, 0.2) is 0 Å². The SMILES string of the molecule is COC(=O)CN(C)C(=O)c1ccnc(Cl)c1. The van der Waals surface area contributed by atoms with Crippen LogP contribution in [0.15, 0.2) is 18.3 Å².